The van der Waals surface area contributed by atoms with Gasteiger partial charge < -0.3 is 20.1 Å². The van der Waals surface area contributed by atoms with Crippen LogP contribution in [0.2, 0.25) is 15.1 Å². The lowest BCUT2D eigenvalue weighted by atomic mass is 9.96. The lowest BCUT2D eigenvalue weighted by Gasteiger charge is -2.28. The van der Waals surface area contributed by atoms with Crippen molar-refractivity contribution in [2.24, 2.45) is 5.92 Å². The average molecular weight is 613 g/mol. The number of amides is 1. The molecule has 0 spiro atoms. The highest BCUT2D eigenvalue weighted by atomic mass is 35.5. The second-order valence-corrected chi connectivity index (χ2v) is 11.6. The fraction of sp³-hybridized carbons (Fsp3) is 0.233. The monoisotopic (exact) mass is 611 g/mol. The molecule has 0 aliphatic carbocycles. The number of halogens is 3. The molecular formula is C30H28Cl3N5OS. The Morgan fingerprint density at radius 2 is 1.80 bits per heavy atom. The average Bonchev–Trinajstić information content (AvgIpc) is 3.42. The van der Waals surface area contributed by atoms with Crippen LogP contribution in [0.4, 0.5) is 11.4 Å². The number of benzene rings is 2. The third-order valence-corrected chi connectivity index (χ3v) is 8.51. The first kappa shape index (κ1) is 28.4. The molecule has 1 aliphatic heterocycles. The quantitative estimate of drug-likeness (QED) is 0.215. The smallest absolute Gasteiger partial charge is 0.226 e. The molecule has 3 heterocycles. The minimum Gasteiger partial charge on any atom is -0.351 e. The highest BCUT2D eigenvalue weighted by Gasteiger charge is 2.42. The van der Waals surface area contributed by atoms with Crippen LogP contribution in [0.5, 0.6) is 0 Å². The van der Waals surface area contributed by atoms with Crippen LogP contribution in [0.1, 0.15) is 48.6 Å². The van der Waals surface area contributed by atoms with Gasteiger partial charge in [0.15, 0.2) is 5.11 Å². The standard InChI is InChI=1S/C30H28Cl3N5OS/c1-16(2)29(39)35-23-12-11-19(15-22(23)32)38-28(27(36-30(38)40)24-9-5-6-13-34-24)20-14-17(3)37(18(20)4)25-10-7-8-21(31)26(25)33/h5-16,27-28H,1-4H3,(H,35,39)(H,36,40)/t27-,28+/m1/s1. The fourth-order valence-electron chi connectivity index (χ4n) is 5.10. The van der Waals surface area contributed by atoms with E-state index in [1.54, 1.807) is 18.3 Å². The highest BCUT2D eigenvalue weighted by molar-refractivity contribution is 7.80. The van der Waals surface area contributed by atoms with Crippen molar-refractivity contribution in [2.45, 2.75) is 39.8 Å². The van der Waals surface area contributed by atoms with Gasteiger partial charge in [-0.15, -0.1) is 0 Å². The van der Waals surface area contributed by atoms with Crippen LogP contribution < -0.4 is 15.5 Å². The second-order valence-electron chi connectivity index (χ2n) is 10.0. The van der Waals surface area contributed by atoms with Gasteiger partial charge in [-0.05, 0) is 80.2 Å². The summed E-state index contributed by atoms with van der Waals surface area (Å²) in [6.45, 7) is 7.77. The summed E-state index contributed by atoms with van der Waals surface area (Å²) in [5.74, 6) is -0.272. The van der Waals surface area contributed by atoms with Crippen LogP contribution in [0.25, 0.3) is 5.69 Å². The number of hydrogen-bond donors (Lipinski definition) is 2. The first-order valence-corrected chi connectivity index (χ1v) is 14.4. The van der Waals surface area contributed by atoms with E-state index in [1.807, 2.05) is 63.2 Å². The number of nitrogens with one attached hydrogen (secondary N) is 2. The van der Waals surface area contributed by atoms with Gasteiger partial charge in [0.2, 0.25) is 5.91 Å². The van der Waals surface area contributed by atoms with Gasteiger partial charge in [-0.1, -0.05) is 60.8 Å². The van der Waals surface area contributed by atoms with E-state index in [9.17, 15) is 4.79 Å². The molecule has 0 saturated carbocycles. The van der Waals surface area contributed by atoms with Crippen LogP contribution in [0, 0.1) is 19.8 Å². The molecule has 1 saturated heterocycles. The van der Waals surface area contributed by atoms with Gasteiger partial charge in [-0.3, -0.25) is 9.78 Å². The highest BCUT2D eigenvalue weighted by Crippen LogP contribution is 2.45. The zero-order valence-electron chi connectivity index (χ0n) is 22.4. The number of carbonyl (C=O) groups is 1. The van der Waals surface area contributed by atoms with Crippen LogP contribution in [0.3, 0.4) is 0 Å². The zero-order chi connectivity index (χ0) is 28.7. The van der Waals surface area contributed by atoms with Gasteiger partial charge >= 0.3 is 0 Å². The zero-order valence-corrected chi connectivity index (χ0v) is 25.5. The van der Waals surface area contributed by atoms with Gasteiger partial charge in [0.1, 0.15) is 0 Å². The molecule has 1 fully saturated rings. The Bertz CT molecular complexity index is 1600. The molecule has 2 aromatic heterocycles. The molecule has 4 aromatic rings. The summed E-state index contributed by atoms with van der Waals surface area (Å²) in [7, 11) is 0. The number of nitrogens with zero attached hydrogens (tertiary/aromatic N) is 3. The third kappa shape index (κ3) is 5.19. The molecule has 40 heavy (non-hydrogen) atoms. The summed E-state index contributed by atoms with van der Waals surface area (Å²) in [5.41, 5.74) is 6.04. The van der Waals surface area contributed by atoms with Gasteiger partial charge in [-0.2, -0.15) is 0 Å². The van der Waals surface area contributed by atoms with Crippen molar-refractivity contribution >= 4 is 69.4 Å². The molecule has 1 amide bonds. The molecule has 5 rings (SSSR count). The van der Waals surface area contributed by atoms with Crippen molar-refractivity contribution in [3.8, 4) is 5.69 Å². The Morgan fingerprint density at radius 1 is 1.02 bits per heavy atom. The summed E-state index contributed by atoms with van der Waals surface area (Å²) in [6.07, 6.45) is 1.78. The van der Waals surface area contributed by atoms with Crippen molar-refractivity contribution in [1.82, 2.24) is 14.9 Å². The number of pyridine rings is 1. The molecule has 6 nitrogen and oxygen atoms in total. The summed E-state index contributed by atoms with van der Waals surface area (Å²) in [6, 6.07) is 18.7. The van der Waals surface area contributed by atoms with Gasteiger partial charge in [0, 0.05) is 29.2 Å². The molecule has 0 bridgehead atoms. The molecule has 0 radical (unpaired) electrons. The number of aromatic nitrogens is 2. The number of hydrogen-bond acceptors (Lipinski definition) is 3. The van der Waals surface area contributed by atoms with Crippen molar-refractivity contribution in [3.63, 3.8) is 0 Å². The number of anilines is 2. The molecule has 2 aromatic carbocycles. The van der Waals surface area contributed by atoms with Gasteiger partial charge in [0.05, 0.1) is 44.2 Å². The minimum absolute atomic E-state index is 0.104. The summed E-state index contributed by atoms with van der Waals surface area (Å²) in [5, 5.41) is 8.32. The number of aryl methyl sites for hydroxylation is 1. The summed E-state index contributed by atoms with van der Waals surface area (Å²) in [4.78, 5) is 19.0. The first-order valence-electron chi connectivity index (χ1n) is 12.8. The molecule has 1 aliphatic rings. The van der Waals surface area contributed by atoms with E-state index in [0.717, 1.165) is 34.0 Å². The third-order valence-electron chi connectivity index (χ3n) is 7.07. The molecular weight excluding hydrogens is 585 g/mol. The maximum atomic E-state index is 12.3. The maximum absolute atomic E-state index is 12.3. The van der Waals surface area contributed by atoms with Crippen molar-refractivity contribution in [3.05, 3.63) is 105 Å². The number of rotatable bonds is 6. The van der Waals surface area contributed by atoms with Crippen molar-refractivity contribution in [1.29, 1.82) is 0 Å². The normalized spacial score (nSPS) is 16.9. The van der Waals surface area contributed by atoms with E-state index >= 15 is 0 Å². The largest absolute Gasteiger partial charge is 0.351 e. The molecule has 2 N–H and O–H groups in total. The summed E-state index contributed by atoms with van der Waals surface area (Å²) < 4.78 is 2.11. The van der Waals surface area contributed by atoms with Crippen LogP contribution >= 0.6 is 47.0 Å². The second kappa shape index (κ2) is 11.4. The Hall–Kier alpha value is -3.10. The minimum atomic E-state index is -0.257. The van der Waals surface area contributed by atoms with Crippen LogP contribution in [0.15, 0.2) is 66.9 Å². The summed E-state index contributed by atoms with van der Waals surface area (Å²) >= 11 is 25.6. The Labute approximate surface area is 254 Å². The van der Waals surface area contributed by atoms with E-state index in [1.165, 1.54) is 0 Å². The SMILES string of the molecule is Cc1cc([C@H]2[C@@H](c3ccccn3)NC(=S)N2c2ccc(NC(=O)C(C)C)c(Cl)c2)c(C)n1-c1cccc(Cl)c1Cl. The predicted octanol–water partition coefficient (Wildman–Crippen LogP) is 8.22. The van der Waals surface area contributed by atoms with Crippen LogP contribution in [-0.4, -0.2) is 20.6 Å². The Balaban J connectivity index is 1.64. The van der Waals surface area contributed by atoms with Crippen molar-refractivity contribution < 1.29 is 4.79 Å². The lowest BCUT2D eigenvalue weighted by molar-refractivity contribution is -0.118. The van der Waals surface area contributed by atoms with Crippen molar-refractivity contribution in [2.75, 3.05) is 10.2 Å². The molecule has 10 heteroatoms. The number of carbonyl (C=O) groups excluding carboxylic acids is 1. The lowest BCUT2D eigenvalue weighted by Crippen LogP contribution is -2.29. The number of thiocarbonyl (C=S) groups is 1. The fourth-order valence-corrected chi connectivity index (χ4v) is 6.05. The van der Waals surface area contributed by atoms with Gasteiger partial charge in [-0.25, -0.2) is 0 Å². The van der Waals surface area contributed by atoms with Gasteiger partial charge in [0.25, 0.3) is 0 Å². The van der Waals surface area contributed by atoms with E-state index in [-0.39, 0.29) is 23.9 Å². The van der Waals surface area contributed by atoms with E-state index in [0.29, 0.717) is 25.9 Å². The maximum Gasteiger partial charge on any atom is 0.226 e. The topological polar surface area (TPSA) is 62.2 Å². The predicted molar refractivity (Wildman–Crippen MR) is 168 cm³/mol. The van der Waals surface area contributed by atoms with E-state index < -0.39 is 0 Å². The first-order chi connectivity index (χ1) is 19.1. The molecule has 206 valence electrons. The van der Waals surface area contributed by atoms with Crippen LogP contribution in [-0.2, 0) is 4.79 Å². The van der Waals surface area contributed by atoms with E-state index in [4.69, 9.17) is 47.0 Å². The molecule has 2 atom stereocenters. The Morgan fingerprint density at radius 3 is 2.48 bits per heavy atom. The van der Waals surface area contributed by atoms with E-state index in [2.05, 4.69) is 38.1 Å². The molecule has 0 unspecified atom stereocenters. The Kier molecular flexibility index (Phi) is 8.11.